The third-order valence-corrected chi connectivity index (χ3v) is 6.81. The van der Waals surface area contributed by atoms with Crippen molar-refractivity contribution >= 4 is 40.4 Å². The van der Waals surface area contributed by atoms with Crippen LogP contribution >= 0.6 is 34.7 Å². The summed E-state index contributed by atoms with van der Waals surface area (Å²) in [6, 6.07) is 2.61. The van der Waals surface area contributed by atoms with Crippen molar-refractivity contribution in [1.82, 2.24) is 25.9 Å². The van der Waals surface area contributed by atoms with E-state index in [1.165, 1.54) is 22.5 Å². The zero-order valence-corrected chi connectivity index (χ0v) is 17.6. The van der Waals surface area contributed by atoms with Crippen molar-refractivity contribution in [3.63, 3.8) is 0 Å². The first-order valence-corrected chi connectivity index (χ1v) is 10.9. The number of pyridine rings is 1. The van der Waals surface area contributed by atoms with Gasteiger partial charge in [0.1, 0.15) is 46.6 Å². The Morgan fingerprint density at radius 2 is 2.20 bits per heavy atom. The number of nitrogens with one attached hydrogen (secondary N) is 2. The fraction of sp³-hybridized carbons (Fsp3) is 0.353. The van der Waals surface area contributed by atoms with Gasteiger partial charge in [0.25, 0.3) is 0 Å². The standard InChI is InChI=1S/C17H17ClN6O4S2/c18-9-3-8(5-21-10(9)4-19)30-17-15(27)13(14(26)12(7-25)28-17)24-6-11(22-23-24)16-20-1-2-29-16/h1-3,5-6,12-15,17,22-23,25-27H,7H2/t12?,13?,14-,15?,17+/m0/s1. The fourth-order valence-corrected chi connectivity index (χ4v) is 5.09. The van der Waals surface area contributed by atoms with E-state index in [4.69, 9.17) is 21.6 Å². The van der Waals surface area contributed by atoms with E-state index in [0.717, 1.165) is 16.8 Å². The van der Waals surface area contributed by atoms with Gasteiger partial charge in [0.15, 0.2) is 5.69 Å². The van der Waals surface area contributed by atoms with Crippen LogP contribution < -0.4 is 11.0 Å². The highest BCUT2D eigenvalue weighted by molar-refractivity contribution is 7.99. The van der Waals surface area contributed by atoms with Gasteiger partial charge in [-0.1, -0.05) is 23.4 Å². The molecule has 0 saturated carbocycles. The summed E-state index contributed by atoms with van der Waals surface area (Å²) in [4.78, 5) is 8.77. The van der Waals surface area contributed by atoms with Gasteiger partial charge in [-0.05, 0) is 6.07 Å². The van der Waals surface area contributed by atoms with Gasteiger partial charge in [-0.15, -0.1) is 16.9 Å². The molecule has 3 unspecified atom stereocenters. The number of hydrogen-bond acceptors (Lipinski definition) is 12. The number of nitrogens with zero attached hydrogens (tertiary/aromatic N) is 4. The highest BCUT2D eigenvalue weighted by atomic mass is 35.5. The largest absolute Gasteiger partial charge is 0.394 e. The number of thiazole rings is 1. The van der Waals surface area contributed by atoms with E-state index in [9.17, 15) is 15.3 Å². The summed E-state index contributed by atoms with van der Waals surface area (Å²) in [5.74, 6) is 0. The monoisotopic (exact) mass is 468 g/mol. The van der Waals surface area contributed by atoms with E-state index in [1.807, 2.05) is 11.4 Å². The van der Waals surface area contributed by atoms with Gasteiger partial charge >= 0.3 is 0 Å². The molecule has 1 fully saturated rings. The Balaban J connectivity index is 1.56. The van der Waals surface area contributed by atoms with E-state index in [-0.39, 0.29) is 10.7 Å². The zero-order chi connectivity index (χ0) is 21.3. The number of aliphatic hydroxyl groups is 3. The molecule has 0 radical (unpaired) electrons. The first kappa shape index (κ1) is 21.3. The molecule has 10 nitrogen and oxygen atoms in total. The van der Waals surface area contributed by atoms with Crippen molar-refractivity contribution in [1.29, 1.82) is 5.26 Å². The number of hydrazine groups is 2. The minimum absolute atomic E-state index is 0.0971. The second kappa shape index (κ2) is 9.04. The molecule has 0 aromatic carbocycles. The number of thioether (sulfide) groups is 1. The summed E-state index contributed by atoms with van der Waals surface area (Å²) < 4.78 is 5.72. The van der Waals surface area contributed by atoms with Gasteiger partial charge in [0.05, 0.1) is 11.6 Å². The van der Waals surface area contributed by atoms with Crippen LogP contribution in [0.25, 0.3) is 5.70 Å². The molecule has 0 amide bonds. The van der Waals surface area contributed by atoms with Crippen molar-refractivity contribution in [3.05, 3.63) is 45.8 Å². The molecule has 4 heterocycles. The summed E-state index contributed by atoms with van der Waals surface area (Å²) in [7, 11) is 0. The number of aliphatic hydroxyl groups excluding tert-OH is 3. The minimum atomic E-state index is -1.18. The second-order valence-electron chi connectivity index (χ2n) is 6.45. The maximum Gasteiger partial charge on any atom is 0.159 e. The predicted molar refractivity (Wildman–Crippen MR) is 110 cm³/mol. The van der Waals surface area contributed by atoms with E-state index in [0.29, 0.717) is 10.6 Å². The number of rotatable bonds is 5. The molecule has 2 aromatic rings. The maximum atomic E-state index is 11.0. The van der Waals surface area contributed by atoms with Gasteiger partial charge in [-0.2, -0.15) is 5.26 Å². The predicted octanol–water partition coefficient (Wildman–Crippen LogP) is 0.286. The average Bonchev–Trinajstić information content (AvgIpc) is 3.42. The molecule has 13 heteroatoms. The highest BCUT2D eigenvalue weighted by Crippen LogP contribution is 2.36. The Morgan fingerprint density at radius 3 is 2.87 bits per heavy atom. The summed E-state index contributed by atoms with van der Waals surface area (Å²) in [5.41, 5.74) is 5.81. The number of aromatic nitrogens is 2. The Labute approximate surface area is 184 Å². The molecule has 0 aliphatic carbocycles. The fourth-order valence-electron chi connectivity index (χ4n) is 3.15. The number of halogens is 1. The van der Waals surface area contributed by atoms with Crippen molar-refractivity contribution < 1.29 is 20.1 Å². The van der Waals surface area contributed by atoms with Crippen LogP contribution in [0.1, 0.15) is 10.7 Å². The first-order chi connectivity index (χ1) is 14.5. The topological polar surface area (TPSA) is 147 Å². The minimum Gasteiger partial charge on any atom is -0.394 e. The van der Waals surface area contributed by atoms with Crippen LogP contribution in [0, 0.1) is 11.3 Å². The molecule has 5 N–H and O–H groups in total. The van der Waals surface area contributed by atoms with Crippen LogP contribution in [0.5, 0.6) is 0 Å². The lowest BCUT2D eigenvalue weighted by molar-refractivity contribution is -0.189. The lowest BCUT2D eigenvalue weighted by Crippen LogP contribution is -2.65. The van der Waals surface area contributed by atoms with Crippen LogP contribution in [-0.2, 0) is 4.74 Å². The smallest absolute Gasteiger partial charge is 0.159 e. The number of ether oxygens (including phenoxy) is 1. The normalized spacial score (nSPS) is 28.7. The van der Waals surface area contributed by atoms with Crippen LogP contribution in [0.4, 0.5) is 0 Å². The van der Waals surface area contributed by atoms with Gasteiger partial charge in [0, 0.05) is 28.9 Å². The molecule has 5 atom stereocenters. The number of nitriles is 1. The maximum absolute atomic E-state index is 11.0. The molecule has 0 spiro atoms. The lowest BCUT2D eigenvalue weighted by atomic mass is 9.97. The van der Waals surface area contributed by atoms with Crippen LogP contribution in [0.3, 0.4) is 0 Å². The van der Waals surface area contributed by atoms with E-state index >= 15 is 0 Å². The van der Waals surface area contributed by atoms with Gasteiger partial charge in [0.2, 0.25) is 0 Å². The molecule has 0 bridgehead atoms. The summed E-state index contributed by atoms with van der Waals surface area (Å²) in [6.45, 7) is -0.432. The molecule has 2 aliphatic heterocycles. The van der Waals surface area contributed by atoms with Crippen LogP contribution in [0.2, 0.25) is 5.02 Å². The van der Waals surface area contributed by atoms with E-state index in [1.54, 1.807) is 18.5 Å². The quantitative estimate of drug-likeness (QED) is 0.412. The lowest BCUT2D eigenvalue weighted by Gasteiger charge is -2.45. The van der Waals surface area contributed by atoms with Crippen molar-refractivity contribution in [2.75, 3.05) is 6.61 Å². The Kier molecular flexibility index (Phi) is 6.42. The average molecular weight is 469 g/mol. The second-order valence-corrected chi connectivity index (χ2v) is 8.93. The molecular formula is C17H17ClN6O4S2. The third-order valence-electron chi connectivity index (χ3n) is 4.59. The summed E-state index contributed by atoms with van der Waals surface area (Å²) in [6.07, 6.45) is 1.58. The molecule has 158 valence electrons. The molecule has 2 aliphatic rings. The SMILES string of the molecule is N#Cc1ncc(S[C@H]2OC(CO)[C@H](O)C(N3C=C(c4nccs4)NN3)C2O)cc1Cl. The van der Waals surface area contributed by atoms with Crippen LogP contribution in [0.15, 0.2) is 34.9 Å². The highest BCUT2D eigenvalue weighted by Gasteiger charge is 2.48. The van der Waals surface area contributed by atoms with E-state index in [2.05, 4.69) is 20.9 Å². The molecule has 1 saturated heterocycles. The van der Waals surface area contributed by atoms with Crippen molar-refractivity contribution in [3.8, 4) is 6.07 Å². The Morgan fingerprint density at radius 1 is 1.37 bits per heavy atom. The summed E-state index contributed by atoms with van der Waals surface area (Å²) >= 11 is 8.61. The van der Waals surface area contributed by atoms with Crippen molar-refractivity contribution in [2.45, 2.75) is 34.7 Å². The molecular weight excluding hydrogens is 452 g/mol. The van der Waals surface area contributed by atoms with E-state index < -0.39 is 36.4 Å². The Bertz CT molecular complexity index is 972. The molecule has 2 aromatic heterocycles. The first-order valence-electron chi connectivity index (χ1n) is 8.78. The summed E-state index contributed by atoms with van der Waals surface area (Å²) in [5, 5.41) is 44.6. The Hall–Kier alpha value is -1.95. The van der Waals surface area contributed by atoms with Crippen LogP contribution in [-0.4, -0.2) is 66.7 Å². The molecule has 30 heavy (non-hydrogen) atoms. The number of hydrogen-bond donors (Lipinski definition) is 5. The van der Waals surface area contributed by atoms with Gasteiger partial charge in [-0.3, -0.25) is 10.4 Å². The third kappa shape index (κ3) is 4.11. The van der Waals surface area contributed by atoms with Crippen molar-refractivity contribution in [2.24, 2.45) is 0 Å². The van der Waals surface area contributed by atoms with Gasteiger partial charge in [-0.25, -0.2) is 9.97 Å². The zero-order valence-electron chi connectivity index (χ0n) is 15.2. The molecule has 4 rings (SSSR count). The van der Waals surface area contributed by atoms with Gasteiger partial charge < -0.3 is 20.1 Å².